The van der Waals surface area contributed by atoms with Gasteiger partial charge < -0.3 is 14.6 Å². The first-order chi connectivity index (χ1) is 21.0. The number of carbonyl (C=O) groups is 2. The third-order valence-corrected chi connectivity index (χ3v) is 7.22. The first-order valence-corrected chi connectivity index (χ1v) is 13.6. The van der Waals surface area contributed by atoms with Crippen LogP contribution in [0.4, 0.5) is 18.9 Å². The summed E-state index contributed by atoms with van der Waals surface area (Å²) in [6.45, 7) is 2.93. The molecule has 0 spiro atoms. The summed E-state index contributed by atoms with van der Waals surface area (Å²) < 4.78 is 45.4. The fourth-order valence-corrected chi connectivity index (χ4v) is 5.14. The molecule has 4 heterocycles. The number of anilines is 1. The van der Waals surface area contributed by atoms with Gasteiger partial charge in [-0.25, -0.2) is 4.98 Å². The predicted octanol–water partition coefficient (Wildman–Crippen LogP) is 3.94. The van der Waals surface area contributed by atoms with Gasteiger partial charge in [-0.15, -0.1) is 10.2 Å². The topological polar surface area (TPSA) is 135 Å². The highest BCUT2D eigenvalue weighted by molar-refractivity contribution is 5.94. The lowest BCUT2D eigenvalue weighted by Gasteiger charge is -2.38. The summed E-state index contributed by atoms with van der Waals surface area (Å²) in [4.78, 5) is 38.6. The molecule has 0 saturated carbocycles. The number of aryl methyl sites for hydroxylation is 1. The van der Waals surface area contributed by atoms with Gasteiger partial charge in [-0.05, 0) is 53.2 Å². The number of tetrazole rings is 1. The summed E-state index contributed by atoms with van der Waals surface area (Å²) in [7, 11) is 1.61. The van der Waals surface area contributed by atoms with E-state index in [0.717, 1.165) is 12.1 Å². The fourth-order valence-electron chi connectivity index (χ4n) is 5.14. The van der Waals surface area contributed by atoms with Crippen LogP contribution in [0.3, 0.4) is 0 Å². The van der Waals surface area contributed by atoms with Gasteiger partial charge in [0.25, 0.3) is 5.91 Å². The summed E-state index contributed by atoms with van der Waals surface area (Å²) in [6.07, 6.45) is -2.94. The van der Waals surface area contributed by atoms with Crippen LogP contribution in [0.5, 0.6) is 0 Å². The second-order valence-electron chi connectivity index (χ2n) is 10.3. The molecular formula is C29H26F3N9O3. The summed E-state index contributed by atoms with van der Waals surface area (Å²) in [5, 5.41) is 15.1. The number of alkyl halides is 3. The van der Waals surface area contributed by atoms with E-state index in [0.29, 0.717) is 65.8 Å². The molecule has 0 radical (unpaired) electrons. The number of rotatable bonds is 6. The lowest BCUT2D eigenvalue weighted by Crippen LogP contribution is -2.50. The van der Waals surface area contributed by atoms with Crippen LogP contribution < -0.4 is 5.32 Å². The first-order valence-electron chi connectivity index (χ1n) is 13.6. The second-order valence-corrected chi connectivity index (χ2v) is 10.3. The largest absolute Gasteiger partial charge is 0.436 e. The molecule has 0 bridgehead atoms. The lowest BCUT2D eigenvalue weighted by molar-refractivity contribution is -0.137. The maximum absolute atomic E-state index is 13.5. The minimum absolute atomic E-state index is 0.202. The highest BCUT2D eigenvalue weighted by Gasteiger charge is 2.34. The molecule has 1 saturated heterocycles. The Morgan fingerprint density at radius 1 is 1.00 bits per heavy atom. The Hall–Kier alpha value is -5.18. The second kappa shape index (κ2) is 11.5. The lowest BCUT2D eigenvalue weighted by atomic mass is 10.0. The minimum atomic E-state index is -4.45. The molecule has 12 nitrogen and oxygen atoms in total. The molecule has 1 aliphatic rings. The molecule has 44 heavy (non-hydrogen) atoms. The van der Waals surface area contributed by atoms with Crippen LogP contribution in [0.25, 0.3) is 22.6 Å². The van der Waals surface area contributed by atoms with E-state index in [1.165, 1.54) is 30.0 Å². The number of benzene rings is 2. The van der Waals surface area contributed by atoms with Crippen LogP contribution in [0.15, 0.2) is 65.2 Å². The van der Waals surface area contributed by atoms with Crippen molar-refractivity contribution < 1.29 is 27.2 Å². The number of aromatic nitrogens is 6. The van der Waals surface area contributed by atoms with Crippen molar-refractivity contribution in [3.63, 3.8) is 0 Å². The van der Waals surface area contributed by atoms with Crippen molar-refractivity contribution in [1.29, 1.82) is 0 Å². The van der Waals surface area contributed by atoms with E-state index in [-0.39, 0.29) is 17.5 Å². The minimum Gasteiger partial charge on any atom is -0.436 e. The van der Waals surface area contributed by atoms with Crippen molar-refractivity contribution in [2.45, 2.75) is 19.1 Å². The quantitative estimate of drug-likeness (QED) is 0.305. The van der Waals surface area contributed by atoms with E-state index in [4.69, 9.17) is 4.42 Å². The van der Waals surface area contributed by atoms with Crippen molar-refractivity contribution in [2.24, 2.45) is 7.05 Å². The van der Waals surface area contributed by atoms with Crippen LogP contribution in [-0.4, -0.2) is 78.0 Å². The predicted molar refractivity (Wildman–Crippen MR) is 151 cm³/mol. The van der Waals surface area contributed by atoms with Gasteiger partial charge in [-0.3, -0.25) is 19.5 Å². The summed E-state index contributed by atoms with van der Waals surface area (Å²) in [5.74, 6) is 0.173. The molecule has 5 aromatic rings. The molecule has 2 amide bonds. The number of fused-ring (bicyclic) bond motifs is 1. The van der Waals surface area contributed by atoms with Gasteiger partial charge in [0.05, 0.1) is 18.7 Å². The third-order valence-electron chi connectivity index (χ3n) is 7.22. The molecule has 1 unspecified atom stereocenters. The highest BCUT2D eigenvalue weighted by Crippen LogP contribution is 2.33. The van der Waals surface area contributed by atoms with Gasteiger partial charge in [0.1, 0.15) is 11.2 Å². The van der Waals surface area contributed by atoms with Crippen LogP contribution >= 0.6 is 0 Å². The van der Waals surface area contributed by atoms with Crippen molar-refractivity contribution in [3.8, 4) is 11.5 Å². The zero-order chi connectivity index (χ0) is 31.0. The van der Waals surface area contributed by atoms with E-state index in [1.807, 2.05) is 4.90 Å². The zero-order valence-electron chi connectivity index (χ0n) is 23.6. The average Bonchev–Trinajstić information content (AvgIpc) is 3.63. The van der Waals surface area contributed by atoms with Crippen molar-refractivity contribution in [3.05, 3.63) is 83.4 Å². The Morgan fingerprint density at radius 2 is 1.75 bits per heavy atom. The number of nitrogens with zero attached hydrogens (tertiary/aromatic N) is 8. The number of hydrogen-bond donors (Lipinski definition) is 1. The number of pyridine rings is 1. The van der Waals surface area contributed by atoms with Crippen molar-refractivity contribution in [2.75, 3.05) is 31.5 Å². The molecule has 1 aliphatic heterocycles. The SMILES string of the molecule is CC(=O)Nc1ccc2oc(-c3ccnc(C(=O)N4CCN(C(c5ccc(C(F)(F)F)cc5)c5nnn(C)n5)CC4)c3)nc2c1. The molecule has 2 aromatic carbocycles. The summed E-state index contributed by atoms with van der Waals surface area (Å²) in [6, 6.07) is 12.8. The summed E-state index contributed by atoms with van der Waals surface area (Å²) in [5.41, 5.74) is 2.28. The molecule has 6 rings (SSSR count). The maximum atomic E-state index is 13.5. The molecule has 0 aliphatic carbocycles. The van der Waals surface area contributed by atoms with Gasteiger partial charge in [0.2, 0.25) is 11.8 Å². The van der Waals surface area contributed by atoms with E-state index in [1.54, 1.807) is 42.3 Å². The number of amides is 2. The monoisotopic (exact) mass is 605 g/mol. The normalized spacial score (nSPS) is 15.0. The highest BCUT2D eigenvalue weighted by atomic mass is 19.4. The van der Waals surface area contributed by atoms with Gasteiger partial charge >= 0.3 is 6.18 Å². The molecule has 1 atom stereocenters. The van der Waals surface area contributed by atoms with Crippen LogP contribution in [0, 0.1) is 0 Å². The number of oxazole rings is 1. The number of carbonyl (C=O) groups excluding carboxylic acids is 2. The Balaban J connectivity index is 1.18. The van der Waals surface area contributed by atoms with E-state index >= 15 is 0 Å². The molecule has 1 fully saturated rings. The molecule has 3 aromatic heterocycles. The number of piperazine rings is 1. The van der Waals surface area contributed by atoms with Gasteiger partial charge in [0, 0.05) is 50.6 Å². The third kappa shape index (κ3) is 5.99. The number of nitrogens with one attached hydrogen (secondary N) is 1. The zero-order valence-corrected chi connectivity index (χ0v) is 23.6. The van der Waals surface area contributed by atoms with Crippen LogP contribution in [-0.2, 0) is 18.0 Å². The van der Waals surface area contributed by atoms with E-state index < -0.39 is 17.8 Å². The van der Waals surface area contributed by atoms with Crippen molar-refractivity contribution >= 4 is 28.6 Å². The molecule has 15 heteroatoms. The van der Waals surface area contributed by atoms with Gasteiger partial charge in [-0.2, -0.15) is 18.0 Å². The Labute approximate surface area is 248 Å². The Morgan fingerprint density at radius 3 is 2.41 bits per heavy atom. The standard InChI is InChI=1S/C29H26F3N9O3/c1-17(42)34-21-7-8-24-22(16-21)35-27(44-24)19-9-10-33-23(15-19)28(43)41-13-11-40(12-14-41)25(26-36-38-39(2)37-26)18-3-5-20(6-4-18)29(30,31)32/h3-10,15-16,25H,11-14H2,1-2H3,(H,34,42). The number of hydrogen-bond acceptors (Lipinski definition) is 9. The van der Waals surface area contributed by atoms with Gasteiger partial charge in [0.15, 0.2) is 11.4 Å². The molecular weight excluding hydrogens is 579 g/mol. The fraction of sp³-hybridized carbons (Fsp3) is 0.276. The van der Waals surface area contributed by atoms with Gasteiger partial charge in [-0.1, -0.05) is 12.1 Å². The molecule has 1 N–H and O–H groups in total. The smallest absolute Gasteiger partial charge is 0.416 e. The van der Waals surface area contributed by atoms with E-state index in [2.05, 4.69) is 30.7 Å². The number of halogens is 3. The Bertz CT molecular complexity index is 1830. The molecule has 226 valence electrons. The summed E-state index contributed by atoms with van der Waals surface area (Å²) >= 11 is 0. The van der Waals surface area contributed by atoms with Crippen LogP contribution in [0.2, 0.25) is 0 Å². The Kier molecular flexibility index (Phi) is 7.55. The van der Waals surface area contributed by atoms with Crippen LogP contribution in [0.1, 0.15) is 40.4 Å². The van der Waals surface area contributed by atoms with E-state index in [9.17, 15) is 22.8 Å². The maximum Gasteiger partial charge on any atom is 0.416 e. The first kappa shape index (κ1) is 28.9. The van der Waals surface area contributed by atoms with Crippen molar-refractivity contribution in [1.82, 2.24) is 40.0 Å². The average molecular weight is 606 g/mol.